The molecule has 0 aliphatic heterocycles. The topological polar surface area (TPSA) is 46.3 Å². The van der Waals surface area contributed by atoms with E-state index < -0.39 is 0 Å². The molecule has 29 heavy (non-hydrogen) atoms. The molecule has 0 saturated carbocycles. The number of nitrogens with zero attached hydrogens (tertiary/aromatic N) is 2. The van der Waals surface area contributed by atoms with Gasteiger partial charge in [-0.2, -0.15) is 0 Å². The maximum Gasteiger partial charge on any atom is 0.230 e. The van der Waals surface area contributed by atoms with E-state index in [0.717, 1.165) is 33.3 Å². The molecule has 0 atom stereocenters. The van der Waals surface area contributed by atoms with Crippen molar-refractivity contribution in [2.24, 2.45) is 0 Å². The number of thioether (sulfide) groups is 1. The number of fused-ring (bicyclic) bond motifs is 1. The standard InChI is InChI=1S/C23H22N2O2S2/c1-2-17-8-6-12-20-22(17)24-23(29-20)25(16-18-9-7-14-27-18)21(26)13-15-28-19-10-4-3-5-11-19/h3-12,14H,2,13,15-16H2,1H3. The van der Waals surface area contributed by atoms with Gasteiger partial charge in [0.05, 0.1) is 23.0 Å². The Balaban J connectivity index is 1.55. The number of benzene rings is 2. The predicted molar refractivity (Wildman–Crippen MR) is 121 cm³/mol. The normalized spacial score (nSPS) is 11.1. The fraction of sp³-hybridized carbons (Fsp3) is 0.217. The molecular weight excluding hydrogens is 400 g/mol. The van der Waals surface area contributed by atoms with Gasteiger partial charge in [0.2, 0.25) is 5.91 Å². The average molecular weight is 423 g/mol. The number of furan rings is 1. The molecule has 0 spiro atoms. The van der Waals surface area contributed by atoms with Crippen LogP contribution in [0.2, 0.25) is 0 Å². The van der Waals surface area contributed by atoms with Crippen LogP contribution in [0.5, 0.6) is 0 Å². The van der Waals surface area contributed by atoms with Gasteiger partial charge in [0.1, 0.15) is 5.76 Å². The highest BCUT2D eigenvalue weighted by Crippen LogP contribution is 2.32. The van der Waals surface area contributed by atoms with Crippen LogP contribution in [-0.2, 0) is 17.8 Å². The lowest BCUT2D eigenvalue weighted by Gasteiger charge is -2.18. The largest absolute Gasteiger partial charge is 0.467 e. The maximum atomic E-state index is 13.1. The van der Waals surface area contributed by atoms with Crippen LogP contribution in [0.1, 0.15) is 24.7 Å². The van der Waals surface area contributed by atoms with Crippen molar-refractivity contribution < 1.29 is 9.21 Å². The summed E-state index contributed by atoms with van der Waals surface area (Å²) in [5, 5.41) is 0.729. The molecule has 2 aromatic heterocycles. The van der Waals surface area contributed by atoms with Crippen molar-refractivity contribution in [2.75, 3.05) is 10.7 Å². The SMILES string of the molecule is CCc1cccc2sc(N(Cc3ccco3)C(=O)CCSc3ccccc3)nc12. The molecule has 0 bridgehead atoms. The Morgan fingerprint density at radius 1 is 1.10 bits per heavy atom. The molecule has 4 nitrogen and oxygen atoms in total. The third-order valence-electron chi connectivity index (χ3n) is 4.63. The lowest BCUT2D eigenvalue weighted by Crippen LogP contribution is -2.30. The van der Waals surface area contributed by atoms with Gasteiger partial charge >= 0.3 is 0 Å². The van der Waals surface area contributed by atoms with E-state index in [9.17, 15) is 4.79 Å². The molecule has 1 amide bonds. The first-order valence-electron chi connectivity index (χ1n) is 9.63. The lowest BCUT2D eigenvalue weighted by molar-refractivity contribution is -0.118. The molecule has 0 N–H and O–H groups in total. The zero-order valence-corrected chi connectivity index (χ0v) is 17.8. The van der Waals surface area contributed by atoms with Crippen LogP contribution in [0.15, 0.2) is 76.2 Å². The summed E-state index contributed by atoms with van der Waals surface area (Å²) >= 11 is 3.25. The van der Waals surface area contributed by atoms with Crippen LogP contribution in [0.3, 0.4) is 0 Å². The molecule has 0 aliphatic rings. The molecule has 148 valence electrons. The second-order valence-corrected chi connectivity index (χ2v) is 8.76. The third-order valence-corrected chi connectivity index (χ3v) is 6.68. The molecule has 6 heteroatoms. The summed E-state index contributed by atoms with van der Waals surface area (Å²) in [6, 6.07) is 20.1. The van der Waals surface area contributed by atoms with Crippen LogP contribution in [0.25, 0.3) is 10.2 Å². The van der Waals surface area contributed by atoms with Gasteiger partial charge in [-0.25, -0.2) is 4.98 Å². The number of hydrogen-bond donors (Lipinski definition) is 0. The highest BCUT2D eigenvalue weighted by molar-refractivity contribution is 7.99. The maximum absolute atomic E-state index is 13.1. The van der Waals surface area contributed by atoms with Gasteiger partial charge in [-0.3, -0.25) is 9.69 Å². The minimum Gasteiger partial charge on any atom is -0.467 e. The van der Waals surface area contributed by atoms with Crippen molar-refractivity contribution in [2.45, 2.75) is 31.2 Å². The molecule has 0 saturated heterocycles. The molecule has 2 heterocycles. The highest BCUT2D eigenvalue weighted by atomic mass is 32.2. The molecule has 0 unspecified atom stereocenters. The quantitative estimate of drug-likeness (QED) is 0.319. The number of amides is 1. The van der Waals surface area contributed by atoms with Crippen molar-refractivity contribution in [1.82, 2.24) is 4.98 Å². The number of hydrogen-bond acceptors (Lipinski definition) is 5. The predicted octanol–water partition coefficient (Wildman–Crippen LogP) is 6.17. The van der Waals surface area contributed by atoms with E-state index in [1.807, 2.05) is 30.3 Å². The summed E-state index contributed by atoms with van der Waals surface area (Å²) in [5.41, 5.74) is 2.20. The van der Waals surface area contributed by atoms with E-state index in [2.05, 4.69) is 37.3 Å². The van der Waals surface area contributed by atoms with E-state index >= 15 is 0 Å². The Morgan fingerprint density at radius 3 is 2.72 bits per heavy atom. The Bertz CT molecular complexity index is 1070. The molecule has 4 aromatic rings. The van der Waals surface area contributed by atoms with Crippen molar-refractivity contribution >= 4 is 44.4 Å². The van der Waals surface area contributed by atoms with Crippen molar-refractivity contribution in [3.05, 3.63) is 78.3 Å². The van der Waals surface area contributed by atoms with E-state index in [0.29, 0.717) is 13.0 Å². The molecule has 4 rings (SSSR count). The number of thiazole rings is 1. The van der Waals surface area contributed by atoms with Gasteiger partial charge in [-0.15, -0.1) is 11.8 Å². The summed E-state index contributed by atoms with van der Waals surface area (Å²) in [7, 11) is 0. The monoisotopic (exact) mass is 422 g/mol. The summed E-state index contributed by atoms with van der Waals surface area (Å²) in [5.74, 6) is 1.54. The fourth-order valence-corrected chi connectivity index (χ4v) is 5.02. The third kappa shape index (κ3) is 4.71. The first-order chi connectivity index (χ1) is 14.2. The Morgan fingerprint density at radius 2 is 1.97 bits per heavy atom. The fourth-order valence-electron chi connectivity index (χ4n) is 3.12. The summed E-state index contributed by atoms with van der Waals surface area (Å²) in [6.07, 6.45) is 2.99. The summed E-state index contributed by atoms with van der Waals surface area (Å²) < 4.78 is 6.61. The number of carbonyl (C=O) groups excluding carboxylic acids is 1. The van der Waals surface area contributed by atoms with Gasteiger partial charge in [-0.1, -0.05) is 48.6 Å². The Kier molecular flexibility index (Phi) is 6.32. The minimum atomic E-state index is 0.0573. The number of para-hydroxylation sites is 1. The van der Waals surface area contributed by atoms with Gasteiger partial charge in [-0.05, 0) is 42.3 Å². The van der Waals surface area contributed by atoms with Crippen LogP contribution in [0, 0.1) is 0 Å². The van der Waals surface area contributed by atoms with Gasteiger partial charge in [0, 0.05) is 17.1 Å². The molecule has 0 fully saturated rings. The van der Waals surface area contributed by atoms with Crippen LogP contribution < -0.4 is 4.90 Å². The number of rotatable bonds is 8. The average Bonchev–Trinajstić information content (AvgIpc) is 3.42. The Hall–Kier alpha value is -2.57. The van der Waals surface area contributed by atoms with Crippen molar-refractivity contribution in [3.8, 4) is 0 Å². The van der Waals surface area contributed by atoms with Crippen LogP contribution in [-0.4, -0.2) is 16.6 Å². The van der Waals surface area contributed by atoms with Crippen molar-refractivity contribution in [1.29, 1.82) is 0 Å². The van der Waals surface area contributed by atoms with E-state index in [1.54, 1.807) is 34.3 Å². The molecule has 0 aliphatic carbocycles. The lowest BCUT2D eigenvalue weighted by atomic mass is 10.1. The number of anilines is 1. The van der Waals surface area contributed by atoms with Gasteiger partial charge in [0.25, 0.3) is 0 Å². The van der Waals surface area contributed by atoms with E-state index in [-0.39, 0.29) is 5.91 Å². The summed E-state index contributed by atoms with van der Waals surface area (Å²) in [6.45, 7) is 2.52. The first-order valence-corrected chi connectivity index (χ1v) is 11.4. The van der Waals surface area contributed by atoms with Crippen molar-refractivity contribution in [3.63, 3.8) is 0 Å². The molecule has 2 aromatic carbocycles. The highest BCUT2D eigenvalue weighted by Gasteiger charge is 2.21. The zero-order valence-electron chi connectivity index (χ0n) is 16.2. The van der Waals surface area contributed by atoms with Gasteiger partial charge < -0.3 is 4.42 Å². The number of aryl methyl sites for hydroxylation is 1. The van der Waals surface area contributed by atoms with E-state index in [4.69, 9.17) is 9.40 Å². The first kappa shape index (κ1) is 19.7. The minimum absolute atomic E-state index is 0.0573. The molecule has 0 radical (unpaired) electrons. The van der Waals surface area contributed by atoms with Gasteiger partial charge in [0.15, 0.2) is 5.13 Å². The molecular formula is C23H22N2O2S2. The smallest absolute Gasteiger partial charge is 0.230 e. The summed E-state index contributed by atoms with van der Waals surface area (Å²) in [4.78, 5) is 20.9. The Labute approximate surface area is 178 Å². The van der Waals surface area contributed by atoms with E-state index in [1.165, 1.54) is 10.5 Å². The number of carbonyl (C=O) groups is 1. The number of aromatic nitrogens is 1. The van der Waals surface area contributed by atoms with Crippen LogP contribution >= 0.6 is 23.1 Å². The zero-order chi connectivity index (χ0) is 20.1. The second-order valence-electron chi connectivity index (χ2n) is 6.58. The second kappa shape index (κ2) is 9.29. The van der Waals surface area contributed by atoms with Crippen LogP contribution in [0.4, 0.5) is 5.13 Å².